The summed E-state index contributed by atoms with van der Waals surface area (Å²) in [5.41, 5.74) is 18.5. The van der Waals surface area contributed by atoms with Crippen molar-refractivity contribution in [1.29, 1.82) is 0 Å². The number of hydrogen-bond donors (Lipinski definition) is 4. The van der Waals surface area contributed by atoms with Crippen LogP contribution in [0.15, 0.2) is 185 Å². The number of anilines is 6. The maximum absolute atomic E-state index is 5.79. The molecule has 0 atom stereocenters. The second-order valence-corrected chi connectivity index (χ2v) is 13.1. The van der Waals surface area contributed by atoms with Crippen LogP contribution in [-0.2, 0) is 26.2 Å². The van der Waals surface area contributed by atoms with Crippen molar-refractivity contribution in [2.75, 3.05) is 22.1 Å². The maximum atomic E-state index is 5.79. The molecular formula is C43H45N12+3. The SMILES string of the molecule is Nc1ccc(Nc2ccc(N=Nc3cccc[n+]3CCCn3cc[n+](CCC[n+]4ccccc4N=Nc4ccc(Nc5ccc(N)cc5)cc4)c3)cc2)cc1. The summed E-state index contributed by atoms with van der Waals surface area (Å²) >= 11 is 0. The molecule has 3 heterocycles. The van der Waals surface area contributed by atoms with Gasteiger partial charge in [0.15, 0.2) is 0 Å². The predicted molar refractivity (Wildman–Crippen MR) is 217 cm³/mol. The van der Waals surface area contributed by atoms with Gasteiger partial charge in [-0.1, -0.05) is 12.1 Å². The number of nitrogens with one attached hydrogen (secondary N) is 2. The molecule has 0 amide bonds. The van der Waals surface area contributed by atoms with Crippen molar-refractivity contribution >= 4 is 57.1 Å². The van der Waals surface area contributed by atoms with Gasteiger partial charge in [-0.2, -0.15) is 0 Å². The highest BCUT2D eigenvalue weighted by molar-refractivity contribution is 5.64. The van der Waals surface area contributed by atoms with E-state index in [0.717, 1.165) is 96.2 Å². The summed E-state index contributed by atoms with van der Waals surface area (Å²) in [6, 6.07) is 43.1. The lowest BCUT2D eigenvalue weighted by molar-refractivity contribution is -0.721. The zero-order valence-corrected chi connectivity index (χ0v) is 30.6. The van der Waals surface area contributed by atoms with Crippen LogP contribution < -0.4 is 35.8 Å². The quantitative estimate of drug-likeness (QED) is 0.0447. The first-order valence-corrected chi connectivity index (χ1v) is 18.3. The number of benzene rings is 4. The van der Waals surface area contributed by atoms with Gasteiger partial charge >= 0.3 is 11.6 Å². The number of aryl methyl sites for hydroxylation is 4. The van der Waals surface area contributed by atoms with Gasteiger partial charge in [-0.15, -0.1) is 0 Å². The number of aromatic nitrogens is 4. The molecule has 0 spiro atoms. The zero-order valence-electron chi connectivity index (χ0n) is 30.6. The van der Waals surface area contributed by atoms with Crippen molar-refractivity contribution in [3.63, 3.8) is 0 Å². The molecule has 7 rings (SSSR count). The van der Waals surface area contributed by atoms with E-state index >= 15 is 0 Å². The van der Waals surface area contributed by atoms with Crippen molar-refractivity contribution in [2.24, 2.45) is 20.5 Å². The van der Waals surface area contributed by atoms with Crippen molar-refractivity contribution in [3.05, 3.63) is 165 Å². The average molecular weight is 730 g/mol. The molecule has 4 aromatic carbocycles. The second-order valence-electron chi connectivity index (χ2n) is 13.1. The van der Waals surface area contributed by atoms with E-state index in [2.05, 4.69) is 80.5 Å². The van der Waals surface area contributed by atoms with Crippen LogP contribution in [0.1, 0.15) is 12.8 Å². The molecular weight excluding hydrogens is 685 g/mol. The highest BCUT2D eigenvalue weighted by Gasteiger charge is 2.13. The van der Waals surface area contributed by atoms with Gasteiger partial charge in [0.05, 0.1) is 48.8 Å². The molecule has 7 aromatic rings. The molecule has 0 radical (unpaired) electrons. The highest BCUT2D eigenvalue weighted by Crippen LogP contribution is 2.24. The number of rotatable bonds is 16. The Morgan fingerprint density at radius 1 is 0.473 bits per heavy atom. The van der Waals surface area contributed by atoms with Crippen LogP contribution in [0, 0.1) is 0 Å². The summed E-state index contributed by atoms with van der Waals surface area (Å²) in [6.45, 7) is 3.43. The molecule has 12 heteroatoms. The molecule has 55 heavy (non-hydrogen) atoms. The molecule has 0 aliphatic rings. The summed E-state index contributed by atoms with van der Waals surface area (Å²) in [5.74, 6) is 1.62. The molecule has 0 aliphatic carbocycles. The zero-order chi connectivity index (χ0) is 37.7. The molecule has 6 N–H and O–H groups in total. The smallest absolute Gasteiger partial charge is 0.350 e. The lowest BCUT2D eigenvalue weighted by Gasteiger charge is -2.06. The number of nitrogen functional groups attached to an aromatic ring is 2. The second kappa shape index (κ2) is 18.0. The number of nitrogens with zero attached hydrogens (tertiary/aromatic N) is 8. The van der Waals surface area contributed by atoms with Gasteiger partial charge in [0, 0.05) is 59.1 Å². The Morgan fingerprint density at radius 2 is 0.927 bits per heavy atom. The van der Waals surface area contributed by atoms with Crippen LogP contribution in [0.5, 0.6) is 0 Å². The van der Waals surface area contributed by atoms with Crippen LogP contribution >= 0.6 is 0 Å². The van der Waals surface area contributed by atoms with E-state index in [4.69, 9.17) is 11.5 Å². The first kappa shape index (κ1) is 36.2. The van der Waals surface area contributed by atoms with E-state index in [1.165, 1.54) is 0 Å². The molecule has 0 saturated heterocycles. The van der Waals surface area contributed by atoms with Crippen molar-refractivity contribution < 1.29 is 13.7 Å². The third-order valence-corrected chi connectivity index (χ3v) is 8.88. The number of imidazole rings is 1. The lowest BCUT2D eigenvalue weighted by atomic mass is 10.2. The monoisotopic (exact) mass is 729 g/mol. The van der Waals surface area contributed by atoms with Gasteiger partial charge in [-0.3, -0.25) is 0 Å². The fourth-order valence-electron chi connectivity index (χ4n) is 5.95. The van der Waals surface area contributed by atoms with E-state index in [-0.39, 0.29) is 0 Å². The van der Waals surface area contributed by atoms with Gasteiger partial charge in [-0.05, 0) is 119 Å². The lowest BCUT2D eigenvalue weighted by Crippen LogP contribution is -2.38. The summed E-state index contributed by atoms with van der Waals surface area (Å²) in [6.07, 6.45) is 12.4. The van der Waals surface area contributed by atoms with Crippen molar-refractivity contribution in [1.82, 2.24) is 4.57 Å². The van der Waals surface area contributed by atoms with Crippen LogP contribution in [0.25, 0.3) is 0 Å². The van der Waals surface area contributed by atoms with Crippen LogP contribution in [0.2, 0.25) is 0 Å². The average Bonchev–Trinajstić information content (AvgIpc) is 3.67. The number of azo groups is 2. The van der Waals surface area contributed by atoms with Gasteiger partial charge < -0.3 is 22.1 Å². The third-order valence-electron chi connectivity index (χ3n) is 8.88. The molecule has 0 saturated carbocycles. The van der Waals surface area contributed by atoms with E-state index in [1.54, 1.807) is 0 Å². The standard InChI is InChI=1S/C43H43N12/c44-34-9-13-36(14-10-34)46-38-17-21-40(22-18-38)48-50-42-7-1-3-27-54(42)29-5-25-52-31-32-53(33-52)26-6-30-55-28-4-2-8-43(55)51-49-41-23-19-39(20-24-41)47-37-15-11-35(45)12-16-37/h1-4,7-24,27-28,31-33H,5-6,25-26,29-30H2,(H4,44,45,48,49)/q+1/p+2. The summed E-state index contributed by atoms with van der Waals surface area (Å²) in [4.78, 5) is 0. The largest absolute Gasteiger partial charge is 0.399 e. The van der Waals surface area contributed by atoms with Crippen molar-refractivity contribution in [2.45, 2.75) is 39.0 Å². The van der Waals surface area contributed by atoms with E-state index in [9.17, 15) is 0 Å². The Kier molecular flexibility index (Phi) is 11.8. The summed E-state index contributed by atoms with van der Waals surface area (Å²) in [5, 5.41) is 24.9. The first-order valence-electron chi connectivity index (χ1n) is 18.3. The Hall–Kier alpha value is -7.21. The Morgan fingerprint density at radius 3 is 1.42 bits per heavy atom. The topological polar surface area (TPSA) is 142 Å². The maximum Gasteiger partial charge on any atom is 0.350 e. The molecule has 274 valence electrons. The molecule has 12 nitrogen and oxygen atoms in total. The molecule has 0 unspecified atom stereocenters. The third kappa shape index (κ3) is 10.7. The fourth-order valence-corrected chi connectivity index (χ4v) is 5.95. The van der Waals surface area contributed by atoms with Gasteiger partial charge in [0.25, 0.3) is 0 Å². The predicted octanol–water partition coefficient (Wildman–Crippen LogP) is 9.01. The Labute approximate surface area is 320 Å². The minimum atomic E-state index is 0.738. The van der Waals surface area contributed by atoms with Crippen LogP contribution in [0.4, 0.5) is 57.1 Å². The van der Waals surface area contributed by atoms with Gasteiger partial charge in [0.2, 0.25) is 6.33 Å². The van der Waals surface area contributed by atoms with Crippen LogP contribution in [-0.4, -0.2) is 4.57 Å². The Bertz CT molecular complexity index is 2170. The fraction of sp³-hybridized carbons (Fsp3) is 0.140. The van der Waals surface area contributed by atoms with E-state index in [0.29, 0.717) is 0 Å². The van der Waals surface area contributed by atoms with Gasteiger partial charge in [-0.25, -0.2) is 18.3 Å². The van der Waals surface area contributed by atoms with Crippen molar-refractivity contribution in [3.8, 4) is 0 Å². The molecule has 3 aromatic heterocycles. The minimum absolute atomic E-state index is 0.738. The molecule has 0 aliphatic heterocycles. The van der Waals surface area contributed by atoms with E-state index < -0.39 is 0 Å². The number of pyridine rings is 2. The van der Waals surface area contributed by atoms with Crippen LogP contribution in [0.3, 0.4) is 0 Å². The number of nitrogens with two attached hydrogens (primary N) is 2. The van der Waals surface area contributed by atoms with Gasteiger partial charge in [0.1, 0.15) is 23.8 Å². The molecule has 0 fully saturated rings. The molecule has 0 bridgehead atoms. The van der Waals surface area contributed by atoms with E-state index in [1.807, 2.05) is 133 Å². The minimum Gasteiger partial charge on any atom is -0.399 e. The highest BCUT2D eigenvalue weighted by atomic mass is 15.2. The summed E-state index contributed by atoms with van der Waals surface area (Å²) < 4.78 is 8.74. The summed E-state index contributed by atoms with van der Waals surface area (Å²) in [7, 11) is 0. The first-order chi connectivity index (χ1) is 27.0. The normalized spacial score (nSPS) is 11.3. The Balaban J connectivity index is 0.860. The number of hydrogen-bond acceptors (Lipinski definition) is 8.